The third-order valence-corrected chi connectivity index (χ3v) is 6.84. The summed E-state index contributed by atoms with van der Waals surface area (Å²) in [5.41, 5.74) is -0.434. The Bertz CT molecular complexity index is 1290. The Kier molecular flexibility index (Phi) is 10.3. The number of methoxy groups -OCH3 is 2. The number of hydrogen-bond donors (Lipinski definition) is 1. The molecule has 214 valence electrons. The number of amides is 2. The zero-order valence-corrected chi connectivity index (χ0v) is 24.1. The summed E-state index contributed by atoms with van der Waals surface area (Å²) in [6.45, 7) is 6.47. The minimum Gasteiger partial charge on any atom is -0.497 e. The Labute approximate surface area is 229 Å². The molecule has 0 aliphatic rings. The molecule has 12 nitrogen and oxygen atoms in total. The van der Waals surface area contributed by atoms with Crippen molar-refractivity contribution < 1.29 is 32.4 Å². The maximum absolute atomic E-state index is 13.8. The molecular weight excluding hydrogens is 528 g/mol. The Morgan fingerprint density at radius 1 is 1.08 bits per heavy atom. The Hall–Kier alpha value is -3.87. The first-order chi connectivity index (χ1) is 18.1. The number of benzene rings is 2. The minimum absolute atomic E-state index is 0.00255. The first kappa shape index (κ1) is 31.3. The van der Waals surface area contributed by atoms with Crippen LogP contribution in [0.3, 0.4) is 0 Å². The van der Waals surface area contributed by atoms with Crippen molar-refractivity contribution in [3.05, 3.63) is 58.1 Å². The van der Waals surface area contributed by atoms with Gasteiger partial charge in [0.2, 0.25) is 21.8 Å². The molecule has 0 bridgehead atoms. The molecule has 2 rings (SSSR count). The van der Waals surface area contributed by atoms with Crippen molar-refractivity contribution in [1.82, 2.24) is 10.2 Å². The van der Waals surface area contributed by atoms with Crippen molar-refractivity contribution in [1.29, 1.82) is 0 Å². The van der Waals surface area contributed by atoms with Crippen LogP contribution in [0.15, 0.2) is 42.5 Å². The fourth-order valence-electron chi connectivity index (χ4n) is 3.88. The quantitative estimate of drug-likeness (QED) is 0.305. The SMILES string of the molecule is CCC(C(=O)NC(C)(C)C)N(Cc1ccc(OC)cc1)C(=O)CN(c1cc([N+](=O)[O-])ccc1OC)S(C)(=O)=O. The number of nitro groups is 1. The third kappa shape index (κ3) is 8.57. The van der Waals surface area contributed by atoms with Crippen molar-refractivity contribution in [3.8, 4) is 11.5 Å². The molecular formula is C26H36N4O8S. The van der Waals surface area contributed by atoms with Gasteiger partial charge >= 0.3 is 0 Å². The van der Waals surface area contributed by atoms with E-state index in [9.17, 15) is 28.1 Å². The van der Waals surface area contributed by atoms with E-state index in [4.69, 9.17) is 9.47 Å². The molecule has 0 aliphatic carbocycles. The molecule has 0 saturated heterocycles. The number of carbonyl (C=O) groups is 2. The molecule has 2 aromatic carbocycles. The summed E-state index contributed by atoms with van der Waals surface area (Å²) in [6, 6.07) is 9.45. The van der Waals surface area contributed by atoms with E-state index in [0.717, 1.165) is 16.6 Å². The Balaban J connectivity index is 2.57. The van der Waals surface area contributed by atoms with Crippen LogP contribution in [0.1, 0.15) is 39.7 Å². The highest BCUT2D eigenvalue weighted by molar-refractivity contribution is 7.92. The van der Waals surface area contributed by atoms with Gasteiger partial charge in [0.05, 0.1) is 25.4 Å². The zero-order valence-electron chi connectivity index (χ0n) is 23.3. The van der Waals surface area contributed by atoms with Crippen LogP contribution >= 0.6 is 0 Å². The number of nitro benzene ring substituents is 1. The molecule has 0 heterocycles. The van der Waals surface area contributed by atoms with E-state index in [1.807, 2.05) is 20.8 Å². The number of ether oxygens (including phenoxy) is 2. The number of nitrogens with zero attached hydrogens (tertiary/aromatic N) is 3. The molecule has 1 unspecified atom stereocenters. The van der Waals surface area contributed by atoms with E-state index in [0.29, 0.717) is 11.3 Å². The molecule has 0 aliphatic heterocycles. The second-order valence-electron chi connectivity index (χ2n) is 9.92. The standard InChI is InChI=1S/C26H36N4O8S/c1-8-21(25(32)27-26(2,3)4)28(16-18-9-12-20(37-5)13-10-18)24(31)17-29(39(7,35)36)22-15-19(30(33)34)11-14-23(22)38-6/h9-15,21H,8,16-17H2,1-7H3,(H,27,32). The zero-order chi connectivity index (χ0) is 29.5. The maximum Gasteiger partial charge on any atom is 0.271 e. The predicted molar refractivity (Wildman–Crippen MR) is 147 cm³/mol. The number of carbonyl (C=O) groups excluding carboxylic acids is 2. The van der Waals surface area contributed by atoms with Gasteiger partial charge < -0.3 is 19.7 Å². The summed E-state index contributed by atoms with van der Waals surface area (Å²) >= 11 is 0. The minimum atomic E-state index is -4.12. The average molecular weight is 565 g/mol. The molecule has 2 amide bonds. The molecule has 1 atom stereocenters. The van der Waals surface area contributed by atoms with E-state index in [1.54, 1.807) is 31.2 Å². The maximum atomic E-state index is 13.8. The largest absolute Gasteiger partial charge is 0.497 e. The monoisotopic (exact) mass is 564 g/mol. The van der Waals surface area contributed by atoms with Crippen molar-refractivity contribution in [3.63, 3.8) is 0 Å². The molecule has 0 spiro atoms. The number of hydrogen-bond acceptors (Lipinski definition) is 8. The van der Waals surface area contributed by atoms with E-state index < -0.39 is 44.9 Å². The molecule has 13 heteroatoms. The van der Waals surface area contributed by atoms with Gasteiger partial charge in [-0.3, -0.25) is 24.0 Å². The van der Waals surface area contributed by atoms with Crippen LogP contribution in [0.25, 0.3) is 0 Å². The Morgan fingerprint density at radius 2 is 1.69 bits per heavy atom. The fraction of sp³-hybridized carbons (Fsp3) is 0.462. The number of anilines is 1. The highest BCUT2D eigenvalue weighted by Gasteiger charge is 2.34. The molecule has 0 saturated carbocycles. The van der Waals surface area contributed by atoms with Crippen LogP contribution < -0.4 is 19.1 Å². The third-order valence-electron chi connectivity index (χ3n) is 5.72. The van der Waals surface area contributed by atoms with Crippen LogP contribution in [0.4, 0.5) is 11.4 Å². The van der Waals surface area contributed by atoms with E-state index in [2.05, 4.69) is 5.32 Å². The summed E-state index contributed by atoms with van der Waals surface area (Å²) in [4.78, 5) is 39.1. The number of nitrogens with one attached hydrogen (secondary N) is 1. The summed E-state index contributed by atoms with van der Waals surface area (Å²) in [5, 5.41) is 14.3. The van der Waals surface area contributed by atoms with Gasteiger partial charge in [-0.2, -0.15) is 0 Å². The normalized spacial score (nSPS) is 12.3. The summed E-state index contributed by atoms with van der Waals surface area (Å²) in [6.07, 6.45) is 1.14. The lowest BCUT2D eigenvalue weighted by atomic mass is 10.1. The number of sulfonamides is 1. The van der Waals surface area contributed by atoms with Gasteiger partial charge in [-0.15, -0.1) is 0 Å². The van der Waals surface area contributed by atoms with E-state index in [1.165, 1.54) is 31.3 Å². The summed E-state index contributed by atoms with van der Waals surface area (Å²) in [7, 11) is -1.31. The number of rotatable bonds is 12. The van der Waals surface area contributed by atoms with E-state index >= 15 is 0 Å². The van der Waals surface area contributed by atoms with Crippen molar-refractivity contribution >= 4 is 33.2 Å². The van der Waals surface area contributed by atoms with E-state index in [-0.39, 0.29) is 30.1 Å². The summed E-state index contributed by atoms with van der Waals surface area (Å²) in [5.74, 6) is -0.445. The number of non-ortho nitro benzene ring substituents is 1. The highest BCUT2D eigenvalue weighted by Crippen LogP contribution is 2.34. The highest BCUT2D eigenvalue weighted by atomic mass is 32.2. The van der Waals surface area contributed by atoms with Gasteiger partial charge in [-0.05, 0) is 51.0 Å². The molecule has 0 radical (unpaired) electrons. The van der Waals surface area contributed by atoms with Crippen molar-refractivity contribution in [2.45, 2.75) is 52.2 Å². The smallest absolute Gasteiger partial charge is 0.271 e. The average Bonchev–Trinajstić information content (AvgIpc) is 2.85. The van der Waals surface area contributed by atoms with Crippen molar-refractivity contribution in [2.75, 3.05) is 31.3 Å². The first-order valence-corrected chi connectivity index (χ1v) is 14.0. The lowest BCUT2D eigenvalue weighted by Gasteiger charge is -2.34. The van der Waals surface area contributed by atoms with Gasteiger partial charge in [0.15, 0.2) is 0 Å². The fourth-order valence-corrected chi connectivity index (χ4v) is 4.73. The predicted octanol–water partition coefficient (Wildman–Crippen LogP) is 3.10. The van der Waals surface area contributed by atoms with Gasteiger partial charge in [0.25, 0.3) is 5.69 Å². The summed E-state index contributed by atoms with van der Waals surface area (Å²) < 4.78 is 36.9. The molecule has 1 N–H and O–H groups in total. The van der Waals surface area contributed by atoms with Crippen LogP contribution in [-0.2, 0) is 26.2 Å². The first-order valence-electron chi connectivity index (χ1n) is 12.2. The van der Waals surface area contributed by atoms with Crippen molar-refractivity contribution in [2.24, 2.45) is 0 Å². The van der Waals surface area contributed by atoms with Crippen LogP contribution in [0, 0.1) is 10.1 Å². The second-order valence-corrected chi connectivity index (χ2v) is 11.8. The van der Waals surface area contributed by atoms with Crippen LogP contribution in [0.2, 0.25) is 0 Å². The Morgan fingerprint density at radius 3 is 2.15 bits per heavy atom. The second kappa shape index (κ2) is 12.8. The molecule has 0 aromatic heterocycles. The van der Waals surface area contributed by atoms with Gasteiger partial charge in [-0.1, -0.05) is 19.1 Å². The van der Waals surface area contributed by atoms with Gasteiger partial charge in [0, 0.05) is 24.2 Å². The van der Waals surface area contributed by atoms with Crippen LogP contribution in [-0.4, -0.2) is 68.7 Å². The lowest BCUT2D eigenvalue weighted by Crippen LogP contribution is -2.55. The van der Waals surface area contributed by atoms with Gasteiger partial charge in [0.1, 0.15) is 29.8 Å². The van der Waals surface area contributed by atoms with Gasteiger partial charge in [-0.25, -0.2) is 8.42 Å². The van der Waals surface area contributed by atoms with Crippen LogP contribution in [0.5, 0.6) is 11.5 Å². The molecule has 2 aromatic rings. The molecule has 39 heavy (non-hydrogen) atoms. The topological polar surface area (TPSA) is 148 Å². The molecule has 0 fully saturated rings. The lowest BCUT2D eigenvalue weighted by molar-refractivity contribution is -0.384.